The standard InChI is InChI=1S/C19H11N3O3/c23-19(22-24)13-5-6-17-15(11-13)21-18(12-7-9-20-10-8-12)14-3-1-2-4-16(14)25-17/h1,3,5-11,24H,(H,22,23). The van der Waals surface area contributed by atoms with Crippen LogP contribution in [0.3, 0.4) is 0 Å². The van der Waals surface area contributed by atoms with Gasteiger partial charge in [-0.2, -0.15) is 0 Å². The number of hydrogen-bond donors (Lipinski definition) is 2. The fourth-order valence-electron chi connectivity index (χ4n) is 2.56. The zero-order valence-corrected chi connectivity index (χ0v) is 12.9. The SMILES string of the molecule is O=C(NO)c1ccc2c(c1)N=C(c1ccncc1)c1ccc#cc1O2. The largest absolute Gasteiger partial charge is 0.445 e. The molecule has 0 saturated carbocycles. The maximum atomic E-state index is 11.7. The average Bonchev–Trinajstić information content (AvgIpc) is 2.84. The predicted octanol–water partition coefficient (Wildman–Crippen LogP) is 3.08. The molecular formula is C19H11N3O3. The Kier molecular flexibility index (Phi) is 3.61. The molecular weight excluding hydrogens is 318 g/mol. The number of benzene rings is 1. The molecule has 0 aliphatic carbocycles. The number of carbonyl (C=O) groups is 1. The molecule has 2 heterocycles. The van der Waals surface area contributed by atoms with E-state index in [2.05, 4.69) is 17.1 Å². The Morgan fingerprint density at radius 3 is 2.80 bits per heavy atom. The van der Waals surface area contributed by atoms with E-state index in [4.69, 9.17) is 14.9 Å². The van der Waals surface area contributed by atoms with Crippen LogP contribution in [0, 0.1) is 12.1 Å². The highest BCUT2D eigenvalue weighted by molar-refractivity contribution is 6.16. The highest BCUT2D eigenvalue weighted by Gasteiger charge is 2.20. The van der Waals surface area contributed by atoms with Crippen LogP contribution in [0.15, 0.2) is 59.9 Å². The number of hydrogen-bond acceptors (Lipinski definition) is 5. The second-order valence-electron chi connectivity index (χ2n) is 5.27. The number of fused-ring (bicyclic) bond motifs is 2. The Bertz CT molecular complexity index is 984. The molecule has 1 aromatic heterocycles. The quantitative estimate of drug-likeness (QED) is 0.437. The molecule has 6 nitrogen and oxygen atoms in total. The van der Waals surface area contributed by atoms with Crippen molar-refractivity contribution in [3.63, 3.8) is 0 Å². The van der Waals surface area contributed by atoms with Crippen molar-refractivity contribution in [1.82, 2.24) is 10.5 Å². The molecule has 2 N–H and O–H groups in total. The van der Waals surface area contributed by atoms with Gasteiger partial charge in [0.05, 0.1) is 11.3 Å². The first kappa shape index (κ1) is 14.9. The zero-order valence-electron chi connectivity index (χ0n) is 12.9. The minimum absolute atomic E-state index is 0.268. The topological polar surface area (TPSA) is 83.8 Å². The first-order valence-electron chi connectivity index (χ1n) is 7.44. The van der Waals surface area contributed by atoms with Crippen LogP contribution in [0.5, 0.6) is 11.5 Å². The van der Waals surface area contributed by atoms with Gasteiger partial charge in [-0.25, -0.2) is 10.5 Å². The lowest BCUT2D eigenvalue weighted by atomic mass is 10.0. The number of aromatic nitrogens is 1. The molecule has 1 aliphatic heterocycles. The van der Waals surface area contributed by atoms with E-state index in [0.29, 0.717) is 22.9 Å². The molecule has 0 saturated heterocycles. The third-order valence-electron chi connectivity index (χ3n) is 3.74. The minimum atomic E-state index is -0.620. The van der Waals surface area contributed by atoms with Crippen molar-refractivity contribution >= 4 is 17.3 Å². The summed E-state index contributed by atoms with van der Waals surface area (Å²) in [4.78, 5) is 20.4. The molecule has 0 fully saturated rings. The molecule has 0 atom stereocenters. The van der Waals surface area contributed by atoms with Gasteiger partial charge in [0.25, 0.3) is 5.91 Å². The van der Waals surface area contributed by atoms with Gasteiger partial charge in [-0.3, -0.25) is 15.0 Å². The van der Waals surface area contributed by atoms with Crippen molar-refractivity contribution in [3.05, 3.63) is 83.7 Å². The summed E-state index contributed by atoms with van der Waals surface area (Å²) >= 11 is 0. The summed E-state index contributed by atoms with van der Waals surface area (Å²) in [5, 5.41) is 8.84. The number of ether oxygens (including phenoxy) is 1. The Morgan fingerprint density at radius 1 is 1.16 bits per heavy atom. The maximum absolute atomic E-state index is 11.7. The summed E-state index contributed by atoms with van der Waals surface area (Å²) in [6.07, 6.45) is 3.36. The lowest BCUT2D eigenvalue weighted by molar-refractivity contribution is 0.0706. The van der Waals surface area contributed by atoms with Crippen molar-refractivity contribution in [3.8, 4) is 11.5 Å². The third kappa shape index (κ3) is 2.69. The van der Waals surface area contributed by atoms with Crippen LogP contribution in [0.25, 0.3) is 0 Å². The van der Waals surface area contributed by atoms with E-state index in [1.54, 1.807) is 42.1 Å². The fraction of sp³-hybridized carbons (Fsp3) is 0. The predicted molar refractivity (Wildman–Crippen MR) is 89.4 cm³/mol. The van der Waals surface area contributed by atoms with Crippen LogP contribution in [0.4, 0.5) is 5.69 Å². The highest BCUT2D eigenvalue weighted by atomic mass is 16.5. The zero-order chi connectivity index (χ0) is 17.2. The smallest absolute Gasteiger partial charge is 0.274 e. The van der Waals surface area contributed by atoms with E-state index in [1.165, 1.54) is 0 Å². The van der Waals surface area contributed by atoms with Crippen LogP contribution in [-0.2, 0) is 0 Å². The van der Waals surface area contributed by atoms with Gasteiger partial charge in [0, 0.05) is 23.5 Å². The summed E-state index contributed by atoms with van der Waals surface area (Å²) in [5.41, 5.74) is 4.63. The Hall–Kier alpha value is -3.69. The van der Waals surface area contributed by atoms with Gasteiger partial charge >= 0.3 is 0 Å². The van der Waals surface area contributed by atoms with Gasteiger partial charge in [-0.1, -0.05) is 6.07 Å². The molecule has 2 aromatic carbocycles. The second kappa shape index (κ2) is 6.07. The van der Waals surface area contributed by atoms with Gasteiger partial charge in [0.1, 0.15) is 5.69 Å². The highest BCUT2D eigenvalue weighted by Crippen LogP contribution is 2.38. The van der Waals surface area contributed by atoms with E-state index in [9.17, 15) is 4.79 Å². The molecule has 3 aromatic rings. The van der Waals surface area contributed by atoms with Crippen LogP contribution < -0.4 is 10.2 Å². The Balaban J connectivity index is 1.94. The number of pyridine rings is 1. The van der Waals surface area contributed by atoms with Crippen molar-refractivity contribution in [2.45, 2.75) is 0 Å². The number of amides is 1. The molecule has 4 rings (SSSR count). The van der Waals surface area contributed by atoms with E-state index >= 15 is 0 Å². The van der Waals surface area contributed by atoms with Crippen molar-refractivity contribution < 1.29 is 14.7 Å². The number of rotatable bonds is 2. The Labute approximate surface area is 143 Å². The molecule has 1 amide bonds. The first-order chi connectivity index (χ1) is 12.3. The van der Waals surface area contributed by atoms with E-state index in [-0.39, 0.29) is 5.56 Å². The van der Waals surface area contributed by atoms with Gasteiger partial charge in [-0.05, 0) is 48.5 Å². The third-order valence-corrected chi connectivity index (χ3v) is 3.74. The summed E-state index contributed by atoms with van der Waals surface area (Å²) < 4.78 is 5.91. The molecule has 6 heteroatoms. The molecule has 0 radical (unpaired) electrons. The fourth-order valence-corrected chi connectivity index (χ4v) is 2.56. The summed E-state index contributed by atoms with van der Waals surface area (Å²) in [6.45, 7) is 0. The van der Waals surface area contributed by atoms with E-state index < -0.39 is 5.91 Å². The Morgan fingerprint density at radius 2 is 2.00 bits per heavy atom. The first-order valence-corrected chi connectivity index (χ1v) is 7.44. The number of carbonyl (C=O) groups excluding carboxylic acids is 1. The van der Waals surface area contributed by atoms with E-state index in [0.717, 1.165) is 11.1 Å². The van der Waals surface area contributed by atoms with Crippen LogP contribution in [-0.4, -0.2) is 21.8 Å². The van der Waals surface area contributed by atoms with Crippen molar-refractivity contribution in [1.29, 1.82) is 0 Å². The molecule has 25 heavy (non-hydrogen) atoms. The monoisotopic (exact) mass is 329 g/mol. The normalized spacial score (nSPS) is 11.8. The lowest BCUT2D eigenvalue weighted by Gasteiger charge is -2.07. The van der Waals surface area contributed by atoms with E-state index in [1.807, 2.05) is 18.2 Å². The van der Waals surface area contributed by atoms with Gasteiger partial charge < -0.3 is 4.74 Å². The number of nitrogens with zero attached hydrogens (tertiary/aromatic N) is 2. The van der Waals surface area contributed by atoms with Gasteiger partial charge in [0.2, 0.25) is 0 Å². The average molecular weight is 329 g/mol. The van der Waals surface area contributed by atoms with Gasteiger partial charge in [-0.15, -0.1) is 0 Å². The molecule has 0 spiro atoms. The second-order valence-corrected chi connectivity index (χ2v) is 5.27. The van der Waals surface area contributed by atoms with Gasteiger partial charge in [0.15, 0.2) is 11.5 Å². The molecule has 0 unspecified atom stereocenters. The summed E-state index contributed by atoms with van der Waals surface area (Å²) in [6, 6.07) is 17.8. The number of nitrogens with one attached hydrogen (secondary N) is 1. The number of aliphatic imine (C=N–C) groups is 1. The molecule has 0 bridgehead atoms. The van der Waals surface area contributed by atoms with Crippen LogP contribution in [0.2, 0.25) is 0 Å². The summed E-state index contributed by atoms with van der Waals surface area (Å²) in [5.74, 6) is 0.358. The van der Waals surface area contributed by atoms with Crippen molar-refractivity contribution in [2.75, 3.05) is 0 Å². The van der Waals surface area contributed by atoms with Crippen LogP contribution in [0.1, 0.15) is 21.5 Å². The molecule has 1 aliphatic rings. The number of hydroxylamine groups is 1. The molecule has 120 valence electrons. The minimum Gasteiger partial charge on any atom is -0.445 e. The maximum Gasteiger partial charge on any atom is 0.274 e. The lowest BCUT2D eigenvalue weighted by Crippen LogP contribution is -2.18. The summed E-state index contributed by atoms with van der Waals surface area (Å²) in [7, 11) is 0. The van der Waals surface area contributed by atoms with Crippen LogP contribution >= 0.6 is 0 Å². The van der Waals surface area contributed by atoms with Crippen molar-refractivity contribution in [2.24, 2.45) is 4.99 Å².